The fourth-order valence-electron chi connectivity index (χ4n) is 3.83. The van der Waals surface area contributed by atoms with Crippen LogP contribution in [0.25, 0.3) is 0 Å². The summed E-state index contributed by atoms with van der Waals surface area (Å²) < 4.78 is 0. The lowest BCUT2D eigenvalue weighted by Gasteiger charge is -2.14. The van der Waals surface area contributed by atoms with Gasteiger partial charge < -0.3 is 21.3 Å². The fraction of sp³-hybridized carbons (Fsp3) is 0.875. The van der Waals surface area contributed by atoms with Crippen LogP contribution in [0, 0.1) is 11.8 Å². The zero-order valence-electron chi connectivity index (χ0n) is 13.2. The minimum atomic E-state index is 0.238. The summed E-state index contributed by atoms with van der Waals surface area (Å²) in [4.78, 5) is 22.7. The summed E-state index contributed by atoms with van der Waals surface area (Å²) in [5, 5.41) is 12.7. The van der Waals surface area contributed by atoms with Crippen LogP contribution in [-0.4, -0.2) is 50.1 Å². The van der Waals surface area contributed by atoms with Crippen LogP contribution in [0.1, 0.15) is 38.5 Å². The van der Waals surface area contributed by atoms with Crippen LogP contribution in [-0.2, 0) is 9.59 Å². The number of carbonyl (C=O) groups is 2. The van der Waals surface area contributed by atoms with Gasteiger partial charge in [-0.05, 0) is 25.7 Å². The number of fused-ring (bicyclic) bond motifs is 6. The maximum absolute atomic E-state index is 11.3. The van der Waals surface area contributed by atoms with Gasteiger partial charge in [-0.15, -0.1) is 0 Å². The van der Waals surface area contributed by atoms with E-state index in [4.69, 9.17) is 0 Å². The van der Waals surface area contributed by atoms with Crippen molar-refractivity contribution in [3.05, 3.63) is 0 Å². The molecule has 124 valence electrons. The largest absolute Gasteiger partial charge is 0.352 e. The van der Waals surface area contributed by atoms with Crippen LogP contribution >= 0.6 is 0 Å². The van der Waals surface area contributed by atoms with Crippen molar-refractivity contribution in [3.8, 4) is 0 Å². The molecule has 22 heavy (non-hydrogen) atoms. The molecule has 0 saturated carbocycles. The molecule has 4 N–H and O–H groups in total. The number of carbonyl (C=O) groups excluding carboxylic acids is 2. The van der Waals surface area contributed by atoms with Gasteiger partial charge in [0.15, 0.2) is 0 Å². The maximum atomic E-state index is 11.3. The SMILES string of the molecule is O=C1N[C@@H]2CCC[C@H]1CNC2.O=C1N[C@H]2CCC[C@@H]1CNC2. The molecule has 6 nitrogen and oxygen atoms in total. The second kappa shape index (κ2) is 7.42. The predicted octanol–water partition coefficient (Wildman–Crippen LogP) is -0.251. The summed E-state index contributed by atoms with van der Waals surface area (Å²) in [5.74, 6) is 1.00. The van der Waals surface area contributed by atoms with Gasteiger partial charge >= 0.3 is 0 Å². The van der Waals surface area contributed by atoms with Crippen molar-refractivity contribution in [2.45, 2.75) is 50.6 Å². The molecule has 4 bridgehead atoms. The van der Waals surface area contributed by atoms with Crippen LogP contribution in [0.4, 0.5) is 0 Å². The molecule has 0 aromatic heterocycles. The van der Waals surface area contributed by atoms with Gasteiger partial charge in [0.2, 0.25) is 11.8 Å². The monoisotopic (exact) mass is 308 g/mol. The number of amides is 2. The van der Waals surface area contributed by atoms with Gasteiger partial charge in [0, 0.05) is 38.3 Å². The third-order valence-corrected chi connectivity index (χ3v) is 5.21. The highest BCUT2D eigenvalue weighted by Gasteiger charge is 2.28. The summed E-state index contributed by atoms with van der Waals surface area (Å²) >= 11 is 0. The van der Waals surface area contributed by atoms with Gasteiger partial charge in [-0.2, -0.15) is 0 Å². The Morgan fingerprint density at radius 1 is 0.636 bits per heavy atom. The second-order valence-corrected chi connectivity index (χ2v) is 6.98. The molecule has 4 atom stereocenters. The minimum absolute atomic E-state index is 0.238. The summed E-state index contributed by atoms with van der Waals surface area (Å²) in [6.07, 6.45) is 6.83. The van der Waals surface area contributed by atoms with Crippen LogP contribution in [0.2, 0.25) is 0 Å². The number of hydrogen-bond donors (Lipinski definition) is 4. The van der Waals surface area contributed by atoms with Crippen molar-refractivity contribution < 1.29 is 9.59 Å². The first kappa shape index (κ1) is 15.7. The fourth-order valence-corrected chi connectivity index (χ4v) is 3.83. The van der Waals surface area contributed by atoms with Gasteiger partial charge in [-0.25, -0.2) is 0 Å². The van der Waals surface area contributed by atoms with E-state index in [9.17, 15) is 9.59 Å². The zero-order chi connectivity index (χ0) is 15.4. The summed E-state index contributed by atoms with van der Waals surface area (Å²) in [6.45, 7) is 3.68. The van der Waals surface area contributed by atoms with E-state index < -0.39 is 0 Å². The van der Waals surface area contributed by atoms with Crippen molar-refractivity contribution >= 4 is 11.8 Å². The van der Waals surface area contributed by atoms with E-state index in [2.05, 4.69) is 21.3 Å². The Morgan fingerprint density at radius 3 is 1.55 bits per heavy atom. The molecule has 4 heterocycles. The lowest BCUT2D eigenvalue weighted by atomic mass is 10.0. The molecule has 4 fully saturated rings. The first-order valence-corrected chi connectivity index (χ1v) is 8.74. The van der Waals surface area contributed by atoms with Crippen molar-refractivity contribution in [1.29, 1.82) is 0 Å². The Labute approximate surface area is 132 Å². The zero-order valence-corrected chi connectivity index (χ0v) is 13.2. The molecular formula is C16H28N4O2. The number of nitrogens with one attached hydrogen (secondary N) is 4. The molecule has 6 heteroatoms. The third kappa shape index (κ3) is 3.98. The van der Waals surface area contributed by atoms with Crippen molar-refractivity contribution in [3.63, 3.8) is 0 Å². The van der Waals surface area contributed by atoms with E-state index in [1.165, 1.54) is 12.8 Å². The molecule has 0 aromatic carbocycles. The smallest absolute Gasteiger partial charge is 0.224 e. The van der Waals surface area contributed by atoms with Gasteiger partial charge in [-0.3, -0.25) is 9.59 Å². The molecule has 4 aliphatic rings. The van der Waals surface area contributed by atoms with Crippen LogP contribution in [0.3, 0.4) is 0 Å². The standard InChI is InChI=1S/2C8H14N2O/c2*11-8-6-2-1-3-7(10-8)5-9-4-6/h2*6-7,9H,1-5H2,(H,10,11)/t2*6-,7+/m10/s1. The quantitative estimate of drug-likeness (QED) is 0.497. The van der Waals surface area contributed by atoms with Gasteiger partial charge in [0.05, 0.1) is 11.8 Å². The van der Waals surface area contributed by atoms with Crippen LogP contribution in [0.15, 0.2) is 0 Å². The lowest BCUT2D eigenvalue weighted by molar-refractivity contribution is -0.125. The van der Waals surface area contributed by atoms with Gasteiger partial charge in [0.25, 0.3) is 0 Å². The second-order valence-electron chi connectivity index (χ2n) is 6.98. The Bertz CT molecular complexity index is 357. The molecular weight excluding hydrogens is 280 g/mol. The molecule has 0 aliphatic carbocycles. The maximum Gasteiger partial charge on any atom is 0.224 e. The van der Waals surface area contributed by atoms with Crippen LogP contribution < -0.4 is 21.3 Å². The third-order valence-electron chi connectivity index (χ3n) is 5.21. The van der Waals surface area contributed by atoms with Gasteiger partial charge in [0.1, 0.15) is 0 Å². The van der Waals surface area contributed by atoms with Crippen LogP contribution in [0.5, 0.6) is 0 Å². The van der Waals surface area contributed by atoms with Crippen molar-refractivity contribution in [2.24, 2.45) is 11.8 Å². The lowest BCUT2D eigenvalue weighted by Crippen LogP contribution is -2.37. The van der Waals surface area contributed by atoms with Crippen molar-refractivity contribution in [2.75, 3.05) is 26.2 Å². The van der Waals surface area contributed by atoms with E-state index in [0.717, 1.165) is 51.9 Å². The molecule has 0 spiro atoms. The molecule has 4 saturated heterocycles. The molecule has 4 rings (SSSR count). The highest BCUT2D eigenvalue weighted by molar-refractivity contribution is 5.80. The van der Waals surface area contributed by atoms with Gasteiger partial charge in [-0.1, -0.05) is 12.8 Å². The molecule has 2 amide bonds. The van der Waals surface area contributed by atoms with E-state index in [-0.39, 0.29) is 23.7 Å². The normalized spacial score (nSPS) is 37.6. The number of rotatable bonds is 0. The first-order valence-electron chi connectivity index (χ1n) is 8.74. The highest BCUT2D eigenvalue weighted by Crippen LogP contribution is 2.18. The number of hydrogen-bond acceptors (Lipinski definition) is 4. The Balaban J connectivity index is 0.000000131. The Morgan fingerprint density at radius 2 is 1.09 bits per heavy atom. The average molecular weight is 308 g/mol. The van der Waals surface area contributed by atoms with E-state index >= 15 is 0 Å². The molecule has 0 aromatic rings. The summed E-state index contributed by atoms with van der Waals surface area (Å²) in [7, 11) is 0. The summed E-state index contributed by atoms with van der Waals surface area (Å²) in [6, 6.07) is 0.796. The Kier molecular flexibility index (Phi) is 5.31. The molecule has 0 unspecified atom stereocenters. The highest BCUT2D eigenvalue weighted by atomic mass is 16.2. The minimum Gasteiger partial charge on any atom is -0.352 e. The summed E-state index contributed by atoms with van der Waals surface area (Å²) in [5.41, 5.74) is 0. The van der Waals surface area contributed by atoms with E-state index in [1.807, 2.05) is 0 Å². The van der Waals surface area contributed by atoms with Crippen molar-refractivity contribution in [1.82, 2.24) is 21.3 Å². The molecule has 0 radical (unpaired) electrons. The van der Waals surface area contributed by atoms with E-state index in [1.54, 1.807) is 0 Å². The van der Waals surface area contributed by atoms with E-state index in [0.29, 0.717) is 12.1 Å². The average Bonchev–Trinajstić information content (AvgIpc) is 2.86. The first-order chi connectivity index (χ1) is 10.7. The Hall–Kier alpha value is -1.14. The topological polar surface area (TPSA) is 82.3 Å². The predicted molar refractivity (Wildman–Crippen MR) is 84.3 cm³/mol. The molecule has 4 aliphatic heterocycles.